The quantitative estimate of drug-likeness (QED) is 0.138. The lowest BCUT2D eigenvalue weighted by atomic mass is 9.75. The Bertz CT molecular complexity index is 3690. The largest absolute Gasteiger partial charge is 0.398 e. The molecule has 0 fully saturated rings. The molecular formula is C80H89N. The average molecular weight is 1060 g/mol. The van der Waals surface area contributed by atoms with Gasteiger partial charge in [0.1, 0.15) is 0 Å². The van der Waals surface area contributed by atoms with Gasteiger partial charge in [0.25, 0.3) is 0 Å². The van der Waals surface area contributed by atoms with Gasteiger partial charge in [0.05, 0.1) is 0 Å². The molecule has 0 saturated heterocycles. The molecule has 414 valence electrons. The maximum Gasteiger partial charge on any atom is 0.0397 e. The normalized spacial score (nSPS) is 13.7. The minimum atomic E-state index is 0.0921. The van der Waals surface area contributed by atoms with Gasteiger partial charge < -0.3 is 5.73 Å². The van der Waals surface area contributed by atoms with E-state index in [1.165, 1.54) is 135 Å². The molecule has 0 aromatic heterocycles. The van der Waals surface area contributed by atoms with E-state index in [9.17, 15) is 0 Å². The highest BCUT2D eigenvalue weighted by Crippen LogP contribution is 2.58. The van der Waals surface area contributed by atoms with Gasteiger partial charge in [-0.1, -0.05) is 276 Å². The first kappa shape index (κ1) is 59.4. The molecule has 9 aromatic carbocycles. The van der Waals surface area contributed by atoms with Gasteiger partial charge in [0.2, 0.25) is 0 Å². The zero-order valence-corrected chi connectivity index (χ0v) is 51.4. The Labute approximate surface area is 488 Å². The van der Waals surface area contributed by atoms with E-state index in [4.69, 9.17) is 5.73 Å². The molecule has 1 nitrogen and oxygen atoms in total. The molecular weight excluding hydrogens is 975 g/mol. The standard InChI is InChI=1S/C23H24.C22H19N.C22H22.C9H12.2C2H6/c1-23(2,3)20-12-11-19-13-18-10-9-17(14-21(18)22(19)15-20)16-7-5-4-6-8-16;1-14-8-9-17-18(12-14)22(10-4-5-11-22)19-13-20(23)15-6-2-3-7-16(15)21(17)19;1-16-8-6-10-19(14-16)15-20-11-7-13-22(18(20)3)21-12-5-4-9-17(21)2;1-7-4-8(2)6-9(3)5-7;2*1-2/h4-10,14-15H,11-13H2,1-3H3;2-9,12-13H,10-11,23H2,1H3;4-14H,15H2,1-3H3;4-6H,1-3H3;2*1-2H3. The van der Waals surface area contributed by atoms with Crippen molar-refractivity contribution in [1.82, 2.24) is 0 Å². The van der Waals surface area contributed by atoms with Gasteiger partial charge in [0, 0.05) is 16.5 Å². The smallest absolute Gasteiger partial charge is 0.0397 e. The maximum absolute atomic E-state index is 6.42. The SMILES string of the molecule is CC.CC.CC(C)(C)C1=CC2=C(CC1)Cc1ccc(-c3ccccc3)cc12.Cc1cc(C)cc(C)c1.Cc1ccc2c(c1)C1(CC=CC1)c1cc(N)c3ccccc3c1-2.Cc1cccc(Cc2cccc(-c3ccccc3C)c2C)c1. The molecule has 0 aliphatic heterocycles. The molecule has 4 aliphatic carbocycles. The number of nitrogen functional groups attached to an aromatic ring is 1. The van der Waals surface area contributed by atoms with E-state index in [1.807, 2.05) is 27.7 Å². The Kier molecular flexibility index (Phi) is 19.2. The molecule has 2 N–H and O–H groups in total. The molecule has 0 saturated carbocycles. The zero-order valence-electron chi connectivity index (χ0n) is 51.4. The van der Waals surface area contributed by atoms with Crippen molar-refractivity contribution in [3.63, 3.8) is 0 Å². The monoisotopic (exact) mass is 1060 g/mol. The topological polar surface area (TPSA) is 26.0 Å². The number of allylic oxidation sites excluding steroid dienone is 6. The number of benzene rings is 9. The van der Waals surface area contributed by atoms with Crippen LogP contribution in [0.15, 0.2) is 211 Å². The highest BCUT2D eigenvalue weighted by molar-refractivity contribution is 6.07. The molecule has 1 spiro atoms. The highest BCUT2D eigenvalue weighted by Gasteiger charge is 2.44. The fourth-order valence-corrected chi connectivity index (χ4v) is 12.7. The third kappa shape index (κ3) is 13.2. The number of fused-ring (bicyclic) bond motifs is 9. The minimum Gasteiger partial charge on any atom is -0.398 e. The summed E-state index contributed by atoms with van der Waals surface area (Å²) in [5.41, 5.74) is 38.6. The van der Waals surface area contributed by atoms with Crippen LogP contribution in [0, 0.1) is 53.9 Å². The van der Waals surface area contributed by atoms with E-state index in [1.54, 1.807) is 11.1 Å². The number of anilines is 1. The molecule has 9 aromatic rings. The number of rotatable bonds is 4. The van der Waals surface area contributed by atoms with Crippen LogP contribution in [0.5, 0.6) is 0 Å². The summed E-state index contributed by atoms with van der Waals surface area (Å²) in [5, 5.41) is 2.46. The fraction of sp³-hybridized carbons (Fsp3) is 0.275. The van der Waals surface area contributed by atoms with Crippen molar-refractivity contribution in [2.45, 2.75) is 141 Å². The Morgan fingerprint density at radius 2 is 1.09 bits per heavy atom. The van der Waals surface area contributed by atoms with Crippen molar-refractivity contribution >= 4 is 22.0 Å². The molecule has 4 aliphatic rings. The van der Waals surface area contributed by atoms with E-state index in [2.05, 4.69) is 269 Å². The maximum atomic E-state index is 6.42. The molecule has 0 amide bonds. The van der Waals surface area contributed by atoms with Crippen LogP contribution in [0.3, 0.4) is 0 Å². The van der Waals surface area contributed by atoms with E-state index in [-0.39, 0.29) is 10.8 Å². The van der Waals surface area contributed by atoms with Crippen LogP contribution in [0.2, 0.25) is 0 Å². The summed E-state index contributed by atoms with van der Waals surface area (Å²) in [7, 11) is 0. The van der Waals surface area contributed by atoms with Gasteiger partial charge in [-0.25, -0.2) is 0 Å². The van der Waals surface area contributed by atoms with Crippen LogP contribution < -0.4 is 5.73 Å². The first-order valence-electron chi connectivity index (χ1n) is 30.0. The van der Waals surface area contributed by atoms with E-state index in [0.717, 1.165) is 31.4 Å². The van der Waals surface area contributed by atoms with Crippen molar-refractivity contribution in [2.75, 3.05) is 5.73 Å². The van der Waals surface area contributed by atoms with Gasteiger partial charge in [-0.2, -0.15) is 0 Å². The second-order valence-corrected chi connectivity index (χ2v) is 23.5. The van der Waals surface area contributed by atoms with Gasteiger partial charge in [-0.15, -0.1) is 0 Å². The predicted octanol–water partition coefficient (Wildman–Crippen LogP) is 22.3. The Balaban J connectivity index is 0.000000144. The summed E-state index contributed by atoms with van der Waals surface area (Å²) in [4.78, 5) is 0. The van der Waals surface area contributed by atoms with E-state index < -0.39 is 0 Å². The van der Waals surface area contributed by atoms with Crippen LogP contribution in [0.4, 0.5) is 5.69 Å². The summed E-state index contributed by atoms with van der Waals surface area (Å²) < 4.78 is 0. The summed E-state index contributed by atoms with van der Waals surface area (Å²) in [5.74, 6) is 0. The number of aryl methyl sites for hydroxylation is 6. The summed E-state index contributed by atoms with van der Waals surface area (Å²) >= 11 is 0. The second-order valence-electron chi connectivity index (χ2n) is 23.5. The van der Waals surface area contributed by atoms with E-state index in [0.29, 0.717) is 0 Å². The van der Waals surface area contributed by atoms with Crippen molar-refractivity contribution < 1.29 is 0 Å². The molecule has 13 rings (SSSR count). The Morgan fingerprint density at radius 1 is 0.469 bits per heavy atom. The molecule has 0 atom stereocenters. The first-order chi connectivity index (χ1) is 39.1. The number of hydrogen-bond acceptors (Lipinski definition) is 1. The van der Waals surface area contributed by atoms with Crippen LogP contribution in [-0.4, -0.2) is 0 Å². The Hall–Kier alpha value is -7.74. The fourth-order valence-electron chi connectivity index (χ4n) is 12.7. The van der Waals surface area contributed by atoms with Gasteiger partial charge in [0.15, 0.2) is 0 Å². The molecule has 0 heterocycles. The molecule has 0 unspecified atom stereocenters. The van der Waals surface area contributed by atoms with Gasteiger partial charge in [-0.05, 0) is 193 Å². The van der Waals surface area contributed by atoms with Crippen molar-refractivity contribution in [2.24, 2.45) is 5.41 Å². The third-order valence-corrected chi connectivity index (χ3v) is 16.6. The Morgan fingerprint density at radius 3 is 1.75 bits per heavy atom. The minimum absolute atomic E-state index is 0.0921. The zero-order chi connectivity index (χ0) is 58.0. The van der Waals surface area contributed by atoms with Gasteiger partial charge in [-0.3, -0.25) is 0 Å². The summed E-state index contributed by atoms with van der Waals surface area (Å²) in [6, 6.07) is 66.1. The van der Waals surface area contributed by atoms with Crippen LogP contribution in [0.25, 0.3) is 49.7 Å². The van der Waals surface area contributed by atoms with Crippen molar-refractivity contribution in [3.05, 3.63) is 284 Å². The first-order valence-corrected chi connectivity index (χ1v) is 30.0. The average Bonchev–Trinajstić information content (AvgIpc) is 4.38. The number of nitrogens with two attached hydrogens (primary N) is 1. The lowest BCUT2D eigenvalue weighted by Gasteiger charge is -2.27. The summed E-state index contributed by atoms with van der Waals surface area (Å²) in [6.07, 6.45) is 13.9. The molecule has 0 radical (unpaired) electrons. The molecule has 81 heavy (non-hydrogen) atoms. The van der Waals surface area contributed by atoms with Gasteiger partial charge >= 0.3 is 0 Å². The lowest BCUT2D eigenvalue weighted by molar-refractivity contribution is 0.480. The molecule has 1 heteroatoms. The second kappa shape index (κ2) is 26.2. The summed E-state index contributed by atoms with van der Waals surface area (Å²) in [6.45, 7) is 30.1. The van der Waals surface area contributed by atoms with Crippen molar-refractivity contribution in [3.8, 4) is 33.4 Å². The molecule has 0 bridgehead atoms. The van der Waals surface area contributed by atoms with Crippen LogP contribution in [-0.2, 0) is 18.3 Å². The van der Waals surface area contributed by atoms with Crippen LogP contribution >= 0.6 is 0 Å². The van der Waals surface area contributed by atoms with Crippen molar-refractivity contribution in [1.29, 1.82) is 0 Å². The number of hydrogen-bond donors (Lipinski definition) is 1. The van der Waals surface area contributed by atoms with E-state index >= 15 is 0 Å². The predicted molar refractivity (Wildman–Crippen MR) is 356 cm³/mol. The third-order valence-electron chi connectivity index (χ3n) is 16.6. The van der Waals surface area contributed by atoms with Crippen LogP contribution in [0.1, 0.15) is 146 Å². The lowest BCUT2D eigenvalue weighted by Crippen LogP contribution is -2.21. The highest BCUT2D eigenvalue weighted by atomic mass is 14.6.